The van der Waals surface area contributed by atoms with E-state index in [1.165, 1.54) is 0 Å². The number of nitrogens with zero attached hydrogens (tertiary/aromatic N) is 1. The van der Waals surface area contributed by atoms with Crippen LogP contribution in [-0.4, -0.2) is 35.0 Å². The lowest BCUT2D eigenvalue weighted by molar-refractivity contribution is -0.142. The molecule has 1 amide bonds. The van der Waals surface area contributed by atoms with Crippen molar-refractivity contribution in [1.29, 1.82) is 0 Å². The lowest BCUT2D eigenvalue weighted by Crippen LogP contribution is -2.31. The van der Waals surface area contributed by atoms with Crippen molar-refractivity contribution in [2.24, 2.45) is 17.8 Å². The second kappa shape index (κ2) is 6.03. The Labute approximate surface area is 138 Å². The van der Waals surface area contributed by atoms with Crippen molar-refractivity contribution < 1.29 is 14.7 Å². The maximum Gasteiger partial charge on any atom is 0.308 e. The summed E-state index contributed by atoms with van der Waals surface area (Å²) in [5.41, 5.74) is 2.09. The van der Waals surface area contributed by atoms with Gasteiger partial charge in [0, 0.05) is 17.6 Å². The Morgan fingerprint density at radius 2 is 2.05 bits per heavy atom. The number of hydrogen-bond donors (Lipinski definition) is 1. The molecule has 5 heteroatoms. The van der Waals surface area contributed by atoms with Crippen LogP contribution in [0.3, 0.4) is 0 Å². The standard InChI is InChI=1S/C17H20BrNO3/c1-10-6-13(18)5-4-12(10)7-16(20)19-8-14(11-2-3-11)15(9-19)17(21)22/h4-6,11,14-15H,2-3,7-9H2,1H3,(H,21,22)/t14-,15+/m1/s1. The molecular weight excluding hydrogens is 346 g/mol. The van der Waals surface area contributed by atoms with Crippen molar-refractivity contribution in [3.8, 4) is 0 Å². The molecular formula is C17H20BrNO3. The number of hydrogen-bond acceptors (Lipinski definition) is 2. The highest BCUT2D eigenvalue weighted by Crippen LogP contribution is 2.44. The van der Waals surface area contributed by atoms with Gasteiger partial charge in [-0.3, -0.25) is 9.59 Å². The van der Waals surface area contributed by atoms with E-state index in [2.05, 4.69) is 15.9 Å². The number of carboxylic acid groups (broad SMARTS) is 1. The van der Waals surface area contributed by atoms with Gasteiger partial charge in [-0.2, -0.15) is 0 Å². The minimum absolute atomic E-state index is 0.0415. The molecule has 2 fully saturated rings. The second-order valence-electron chi connectivity index (χ2n) is 6.49. The quantitative estimate of drug-likeness (QED) is 0.892. The molecule has 0 radical (unpaired) electrons. The second-order valence-corrected chi connectivity index (χ2v) is 7.41. The number of carbonyl (C=O) groups excluding carboxylic acids is 1. The molecule has 1 aromatic carbocycles. The molecule has 22 heavy (non-hydrogen) atoms. The smallest absolute Gasteiger partial charge is 0.308 e. The molecule has 3 rings (SSSR count). The molecule has 0 unspecified atom stereocenters. The van der Waals surface area contributed by atoms with E-state index >= 15 is 0 Å². The third-order valence-electron chi connectivity index (χ3n) is 4.91. The van der Waals surface area contributed by atoms with E-state index in [-0.39, 0.29) is 17.7 Å². The minimum atomic E-state index is -0.757. The third-order valence-corrected chi connectivity index (χ3v) is 5.40. The summed E-state index contributed by atoms with van der Waals surface area (Å²) in [5.74, 6) is -0.449. The number of carboxylic acids is 1. The monoisotopic (exact) mass is 365 g/mol. The largest absolute Gasteiger partial charge is 0.481 e. The molecule has 4 nitrogen and oxygen atoms in total. The van der Waals surface area contributed by atoms with Gasteiger partial charge in [0.05, 0.1) is 12.3 Å². The zero-order valence-electron chi connectivity index (χ0n) is 12.6. The summed E-state index contributed by atoms with van der Waals surface area (Å²) in [7, 11) is 0. The average molecular weight is 366 g/mol. The fourth-order valence-corrected chi connectivity index (χ4v) is 3.90. The summed E-state index contributed by atoms with van der Waals surface area (Å²) in [6, 6.07) is 5.90. The Kier molecular flexibility index (Phi) is 4.26. The Morgan fingerprint density at radius 1 is 1.32 bits per heavy atom. The van der Waals surface area contributed by atoms with Gasteiger partial charge in [0.1, 0.15) is 0 Å². The summed E-state index contributed by atoms with van der Waals surface area (Å²) < 4.78 is 1.00. The van der Waals surface area contributed by atoms with E-state index in [1.807, 2.05) is 25.1 Å². The van der Waals surface area contributed by atoms with E-state index < -0.39 is 5.97 Å². The van der Waals surface area contributed by atoms with Crippen LogP contribution in [0.2, 0.25) is 0 Å². The van der Waals surface area contributed by atoms with Gasteiger partial charge in [0.15, 0.2) is 0 Å². The molecule has 1 aliphatic heterocycles. The Balaban J connectivity index is 1.69. The number of likely N-dealkylation sites (tertiary alicyclic amines) is 1. The van der Waals surface area contributed by atoms with Gasteiger partial charge in [0.2, 0.25) is 5.91 Å². The number of rotatable bonds is 4. The van der Waals surface area contributed by atoms with Crippen LogP contribution in [0.25, 0.3) is 0 Å². The Morgan fingerprint density at radius 3 is 2.64 bits per heavy atom. The summed E-state index contributed by atoms with van der Waals surface area (Å²) in [4.78, 5) is 25.7. The van der Waals surface area contributed by atoms with Gasteiger partial charge < -0.3 is 10.0 Å². The van der Waals surface area contributed by atoms with Crippen molar-refractivity contribution in [2.75, 3.05) is 13.1 Å². The summed E-state index contributed by atoms with van der Waals surface area (Å²) >= 11 is 3.42. The van der Waals surface area contributed by atoms with Gasteiger partial charge in [-0.1, -0.05) is 22.0 Å². The molecule has 1 saturated carbocycles. The van der Waals surface area contributed by atoms with Crippen LogP contribution in [0.5, 0.6) is 0 Å². The molecule has 1 heterocycles. The molecule has 2 atom stereocenters. The number of amides is 1. The Bertz CT molecular complexity index is 612. The lowest BCUT2D eigenvalue weighted by Gasteiger charge is -2.17. The first-order valence-corrected chi connectivity index (χ1v) is 8.50. The summed E-state index contributed by atoms with van der Waals surface area (Å²) in [6.45, 7) is 2.96. The lowest BCUT2D eigenvalue weighted by atomic mass is 9.92. The van der Waals surface area contributed by atoms with Crippen molar-refractivity contribution in [2.45, 2.75) is 26.2 Å². The highest BCUT2D eigenvalue weighted by molar-refractivity contribution is 9.10. The van der Waals surface area contributed by atoms with Crippen molar-refractivity contribution in [1.82, 2.24) is 4.90 Å². The van der Waals surface area contributed by atoms with Crippen LogP contribution in [-0.2, 0) is 16.0 Å². The fourth-order valence-electron chi connectivity index (χ4n) is 3.43. The van der Waals surface area contributed by atoms with Crippen molar-refractivity contribution in [3.63, 3.8) is 0 Å². The molecule has 0 spiro atoms. The topological polar surface area (TPSA) is 57.6 Å². The van der Waals surface area contributed by atoms with Gasteiger partial charge >= 0.3 is 5.97 Å². The number of halogens is 1. The first kappa shape index (κ1) is 15.5. The van der Waals surface area contributed by atoms with Gasteiger partial charge in [-0.15, -0.1) is 0 Å². The van der Waals surface area contributed by atoms with Crippen LogP contribution in [0.4, 0.5) is 0 Å². The third kappa shape index (κ3) is 3.19. The summed E-state index contributed by atoms with van der Waals surface area (Å²) in [6.07, 6.45) is 2.58. The number of aryl methyl sites for hydroxylation is 1. The van der Waals surface area contributed by atoms with Crippen LogP contribution in [0.1, 0.15) is 24.0 Å². The zero-order chi connectivity index (χ0) is 15.9. The predicted octanol–water partition coefficient (Wildman–Crippen LogP) is 2.87. The maximum absolute atomic E-state index is 12.5. The highest BCUT2D eigenvalue weighted by atomic mass is 79.9. The zero-order valence-corrected chi connectivity index (χ0v) is 14.2. The van der Waals surface area contributed by atoms with Gasteiger partial charge in [-0.05, 0) is 54.9 Å². The van der Waals surface area contributed by atoms with Crippen LogP contribution in [0, 0.1) is 24.7 Å². The van der Waals surface area contributed by atoms with E-state index in [0.717, 1.165) is 28.4 Å². The first-order valence-electron chi connectivity index (χ1n) is 7.71. The molecule has 2 aliphatic rings. The Hall–Kier alpha value is -1.36. The van der Waals surface area contributed by atoms with Gasteiger partial charge in [-0.25, -0.2) is 0 Å². The van der Waals surface area contributed by atoms with Crippen LogP contribution < -0.4 is 0 Å². The normalized spacial score (nSPS) is 24.5. The van der Waals surface area contributed by atoms with E-state index in [0.29, 0.717) is 25.4 Å². The van der Waals surface area contributed by atoms with Crippen LogP contribution in [0.15, 0.2) is 22.7 Å². The average Bonchev–Trinajstić information content (AvgIpc) is 3.20. The predicted molar refractivity (Wildman–Crippen MR) is 86.5 cm³/mol. The SMILES string of the molecule is Cc1cc(Br)ccc1CC(=O)N1C[C@H](C(=O)O)[C@@H](C2CC2)C1. The number of aliphatic carboxylic acids is 1. The van der Waals surface area contributed by atoms with E-state index in [1.54, 1.807) is 4.90 Å². The molecule has 1 N–H and O–H groups in total. The minimum Gasteiger partial charge on any atom is -0.481 e. The van der Waals surface area contributed by atoms with E-state index in [9.17, 15) is 14.7 Å². The molecule has 1 aliphatic carbocycles. The number of carbonyl (C=O) groups is 2. The van der Waals surface area contributed by atoms with Crippen molar-refractivity contribution >= 4 is 27.8 Å². The van der Waals surface area contributed by atoms with Gasteiger partial charge in [0.25, 0.3) is 0 Å². The summed E-state index contributed by atoms with van der Waals surface area (Å²) in [5, 5.41) is 9.38. The molecule has 1 aromatic rings. The molecule has 1 saturated heterocycles. The number of benzene rings is 1. The molecule has 0 aromatic heterocycles. The fraction of sp³-hybridized carbons (Fsp3) is 0.529. The maximum atomic E-state index is 12.5. The first-order chi connectivity index (χ1) is 10.5. The van der Waals surface area contributed by atoms with Crippen molar-refractivity contribution in [3.05, 3.63) is 33.8 Å². The van der Waals surface area contributed by atoms with Crippen LogP contribution >= 0.6 is 15.9 Å². The highest BCUT2D eigenvalue weighted by Gasteiger charge is 2.46. The molecule has 0 bridgehead atoms. The van der Waals surface area contributed by atoms with E-state index in [4.69, 9.17) is 0 Å². The molecule has 118 valence electrons.